The number of nitrogen functional groups attached to an aromatic ring is 2. The highest BCUT2D eigenvalue weighted by Crippen LogP contribution is 2.23. The van der Waals surface area contributed by atoms with E-state index < -0.39 is 0 Å². The molecule has 2 aromatic carbocycles. The highest BCUT2D eigenvalue weighted by Gasteiger charge is 2.21. The summed E-state index contributed by atoms with van der Waals surface area (Å²) in [5, 5.41) is 11.7. The predicted molar refractivity (Wildman–Crippen MR) is 190 cm³/mol. The minimum atomic E-state index is -0.249. The molecule has 4 aliphatic rings. The third-order valence-electron chi connectivity index (χ3n) is 8.32. The summed E-state index contributed by atoms with van der Waals surface area (Å²) in [4.78, 5) is 37.8. The molecule has 4 aliphatic heterocycles. The van der Waals surface area contributed by atoms with E-state index in [0.717, 1.165) is 88.2 Å². The van der Waals surface area contributed by atoms with Crippen LogP contribution in [0.4, 0.5) is 22.7 Å². The summed E-state index contributed by atoms with van der Waals surface area (Å²) in [6.07, 6.45) is 3.76. The number of morpholine rings is 2. The Kier molecular flexibility index (Phi) is 12.2. The van der Waals surface area contributed by atoms with E-state index in [-0.39, 0.29) is 11.8 Å². The largest absolute Gasteiger partial charge is 0.397 e. The zero-order valence-electron chi connectivity index (χ0n) is 27.7. The second-order valence-electron chi connectivity index (χ2n) is 11.6. The van der Waals surface area contributed by atoms with Crippen LogP contribution in [0.25, 0.3) is 0 Å². The van der Waals surface area contributed by atoms with Crippen molar-refractivity contribution in [3.8, 4) is 0 Å². The van der Waals surface area contributed by atoms with Crippen molar-refractivity contribution >= 4 is 46.0 Å². The number of hydrogen-bond acceptors (Lipinski definition) is 12. The van der Waals surface area contributed by atoms with Crippen molar-refractivity contribution in [2.75, 3.05) is 102 Å². The van der Waals surface area contributed by atoms with Crippen LogP contribution < -0.4 is 32.7 Å². The van der Waals surface area contributed by atoms with E-state index in [2.05, 4.69) is 41.1 Å². The molecule has 0 saturated carbocycles. The molecule has 256 valence electrons. The Hall–Kier alpha value is -4.76. The lowest BCUT2D eigenvalue weighted by atomic mass is 10.1. The first-order valence-electron chi connectivity index (χ1n) is 16.2. The molecule has 48 heavy (non-hydrogen) atoms. The maximum atomic E-state index is 12.4. The lowest BCUT2D eigenvalue weighted by Gasteiger charge is -2.26. The molecule has 0 spiro atoms. The molecule has 2 fully saturated rings. The quantitative estimate of drug-likeness (QED) is 0.203. The number of rotatable bonds is 10. The number of amides is 2. The number of hydrogen-bond donors (Lipinski definition) is 6. The molecule has 14 nitrogen and oxygen atoms in total. The van der Waals surface area contributed by atoms with Gasteiger partial charge in [0.05, 0.1) is 73.7 Å². The highest BCUT2D eigenvalue weighted by atomic mass is 16.5. The average Bonchev–Trinajstić information content (AvgIpc) is 3.79. The van der Waals surface area contributed by atoms with Gasteiger partial charge >= 0.3 is 0 Å². The number of nitrogens with one attached hydrogen (secondary N) is 4. The van der Waals surface area contributed by atoms with E-state index in [4.69, 9.17) is 20.9 Å². The second-order valence-corrected chi connectivity index (χ2v) is 11.6. The van der Waals surface area contributed by atoms with Crippen LogP contribution >= 0.6 is 0 Å². The fourth-order valence-corrected chi connectivity index (χ4v) is 5.68. The maximum absolute atomic E-state index is 12.4. The molecule has 0 atom stereocenters. The third-order valence-corrected chi connectivity index (χ3v) is 8.32. The lowest BCUT2D eigenvalue weighted by molar-refractivity contribution is -0.111. The normalized spacial score (nSPS) is 18.0. The van der Waals surface area contributed by atoms with Crippen molar-refractivity contribution in [3.63, 3.8) is 0 Å². The number of ether oxygens (including phenoxy) is 2. The van der Waals surface area contributed by atoms with Gasteiger partial charge in [-0.15, -0.1) is 0 Å². The second kappa shape index (κ2) is 16.9. The van der Waals surface area contributed by atoms with Gasteiger partial charge in [-0.2, -0.15) is 0 Å². The van der Waals surface area contributed by atoms with Crippen LogP contribution in [-0.2, 0) is 32.2 Å². The summed E-state index contributed by atoms with van der Waals surface area (Å²) >= 11 is 0. The monoisotopic (exact) mass is 658 g/mol. The van der Waals surface area contributed by atoms with Crippen LogP contribution in [-0.4, -0.2) is 113 Å². The van der Waals surface area contributed by atoms with Gasteiger partial charge in [0.25, 0.3) is 11.8 Å². The Morgan fingerprint density at radius 2 is 1.17 bits per heavy atom. The average molecular weight is 659 g/mol. The number of benzene rings is 2. The number of anilines is 4. The maximum Gasteiger partial charge on any atom is 0.276 e. The summed E-state index contributed by atoms with van der Waals surface area (Å²) in [5.74, 6) is -0.496. The van der Waals surface area contributed by atoms with Gasteiger partial charge < -0.3 is 42.2 Å². The fraction of sp³-hybridized carbons (Fsp3) is 0.412. The van der Waals surface area contributed by atoms with Crippen molar-refractivity contribution in [1.29, 1.82) is 0 Å². The number of carbonyl (C=O) groups is 2. The van der Waals surface area contributed by atoms with Crippen molar-refractivity contribution in [3.05, 3.63) is 71.1 Å². The Bertz CT molecular complexity index is 1590. The molecule has 0 bridgehead atoms. The summed E-state index contributed by atoms with van der Waals surface area (Å²) < 4.78 is 10.7. The Morgan fingerprint density at radius 3 is 1.67 bits per heavy atom. The minimum Gasteiger partial charge on any atom is -0.397 e. The van der Waals surface area contributed by atoms with E-state index in [0.29, 0.717) is 47.3 Å². The van der Waals surface area contributed by atoms with Crippen LogP contribution in [0.3, 0.4) is 0 Å². The van der Waals surface area contributed by atoms with Crippen molar-refractivity contribution in [2.45, 2.75) is 13.1 Å². The molecule has 0 aromatic heterocycles. The third kappa shape index (κ3) is 9.19. The molecule has 6 rings (SSSR count). The standard InChI is InChI=1S/2C17H23N5O2/c1-19-15-4-5-20-16(15)17(23)21-14-3-2-12(10-13(14)18)11-22-6-8-24-9-7-22;1-19-14-4-5-20-16(14)17(23)21-15-10-12(2-3-13(15)18)11-22-6-8-24-9-7-22/h2*2-4,10,19H,5-9,11,18H2,1H3,(H,21,23). The highest BCUT2D eigenvalue weighted by molar-refractivity contribution is 6.50. The number of aliphatic imine (C=N–C) groups is 2. The van der Waals surface area contributed by atoms with E-state index in [1.54, 1.807) is 14.1 Å². The topological polar surface area (TPSA) is 184 Å². The van der Waals surface area contributed by atoms with Crippen molar-refractivity contribution in [2.24, 2.45) is 9.98 Å². The van der Waals surface area contributed by atoms with Crippen molar-refractivity contribution in [1.82, 2.24) is 20.4 Å². The first kappa shape index (κ1) is 34.6. The van der Waals surface area contributed by atoms with Gasteiger partial charge in [-0.3, -0.25) is 29.4 Å². The van der Waals surface area contributed by atoms with Crippen LogP contribution in [0.2, 0.25) is 0 Å². The summed E-state index contributed by atoms with van der Waals surface area (Å²) in [6, 6.07) is 11.5. The van der Waals surface area contributed by atoms with Crippen LogP contribution in [0.15, 0.2) is 69.9 Å². The Morgan fingerprint density at radius 1 is 0.688 bits per heavy atom. The molecule has 2 amide bonds. The molecule has 0 unspecified atom stereocenters. The van der Waals surface area contributed by atoms with Gasteiger partial charge in [0, 0.05) is 53.4 Å². The van der Waals surface area contributed by atoms with Gasteiger partial charge in [0.15, 0.2) is 0 Å². The molecule has 14 heteroatoms. The van der Waals surface area contributed by atoms with E-state index in [1.807, 2.05) is 48.6 Å². The smallest absolute Gasteiger partial charge is 0.276 e. The molecular formula is C34H46N10O4. The fourth-order valence-electron chi connectivity index (χ4n) is 5.68. The summed E-state index contributed by atoms with van der Waals surface area (Å²) in [6.45, 7) is 9.44. The van der Waals surface area contributed by atoms with E-state index in [1.165, 1.54) is 0 Å². The predicted octanol–water partition coefficient (Wildman–Crippen LogP) is 1.19. The van der Waals surface area contributed by atoms with Gasteiger partial charge in [-0.1, -0.05) is 12.1 Å². The van der Waals surface area contributed by atoms with Crippen LogP contribution in [0.1, 0.15) is 11.1 Å². The molecule has 2 saturated heterocycles. The molecule has 0 radical (unpaired) electrons. The Balaban J connectivity index is 0.000000188. The molecule has 8 N–H and O–H groups in total. The minimum absolute atomic E-state index is 0.247. The van der Waals surface area contributed by atoms with Gasteiger partial charge in [-0.25, -0.2) is 0 Å². The number of carbonyl (C=O) groups excluding carboxylic acids is 2. The molecule has 4 heterocycles. The van der Waals surface area contributed by atoms with Gasteiger partial charge in [0.2, 0.25) is 0 Å². The SMILES string of the molecule is CNC1=CCN=C1C(=O)Nc1cc(CN2CCOCC2)ccc1N.CNC1=CCN=C1C(=O)Nc1ccc(CN2CCOCC2)cc1N. The van der Waals surface area contributed by atoms with E-state index >= 15 is 0 Å². The lowest BCUT2D eigenvalue weighted by Crippen LogP contribution is -2.35. The molecule has 2 aromatic rings. The van der Waals surface area contributed by atoms with Gasteiger partial charge in [-0.05, 0) is 47.5 Å². The number of nitrogens with two attached hydrogens (primary N) is 2. The zero-order chi connectivity index (χ0) is 33.9. The zero-order valence-corrected chi connectivity index (χ0v) is 27.7. The molecular weight excluding hydrogens is 612 g/mol. The summed E-state index contributed by atoms with van der Waals surface area (Å²) in [7, 11) is 3.55. The van der Waals surface area contributed by atoms with Crippen LogP contribution in [0.5, 0.6) is 0 Å². The van der Waals surface area contributed by atoms with Crippen molar-refractivity contribution < 1.29 is 19.1 Å². The molecule has 0 aliphatic carbocycles. The first-order chi connectivity index (χ1) is 23.3. The Labute approximate surface area is 281 Å². The van der Waals surface area contributed by atoms with Crippen LogP contribution in [0, 0.1) is 0 Å². The number of nitrogens with zero attached hydrogens (tertiary/aromatic N) is 4. The van der Waals surface area contributed by atoms with E-state index in [9.17, 15) is 9.59 Å². The first-order valence-corrected chi connectivity index (χ1v) is 16.2. The summed E-state index contributed by atoms with van der Waals surface area (Å²) in [5.41, 5.74) is 19.0. The van der Waals surface area contributed by atoms with Gasteiger partial charge in [0.1, 0.15) is 11.4 Å².